The van der Waals surface area contributed by atoms with Crippen molar-refractivity contribution in [1.82, 2.24) is 9.55 Å². The minimum absolute atomic E-state index is 0.0491. The van der Waals surface area contributed by atoms with E-state index in [9.17, 15) is 0 Å². The summed E-state index contributed by atoms with van der Waals surface area (Å²) in [6.07, 6.45) is 0. The smallest absolute Gasteiger partial charge is 0.122 e. The normalized spacial score (nSPS) is 11.2. The highest BCUT2D eigenvalue weighted by Crippen LogP contribution is 2.34. The summed E-state index contributed by atoms with van der Waals surface area (Å²) >= 11 is 0. The van der Waals surface area contributed by atoms with E-state index in [4.69, 9.17) is 9.72 Å². The molecule has 0 aliphatic carbocycles. The maximum absolute atomic E-state index is 5.33. The molecule has 5 aromatic rings. The molecule has 0 amide bonds. The molecule has 0 saturated heterocycles. The number of hydrogen-bond donors (Lipinski definition) is 0. The van der Waals surface area contributed by atoms with Crippen molar-refractivity contribution in [2.75, 3.05) is 7.11 Å². The van der Waals surface area contributed by atoms with Gasteiger partial charge in [0, 0.05) is 6.54 Å². The lowest BCUT2D eigenvalue weighted by molar-refractivity contribution is 0.414. The summed E-state index contributed by atoms with van der Waals surface area (Å²) < 4.78 is 7.68. The highest BCUT2D eigenvalue weighted by atomic mass is 16.5. The summed E-state index contributed by atoms with van der Waals surface area (Å²) in [4.78, 5) is 5.13. The van der Waals surface area contributed by atoms with Crippen LogP contribution in [0, 0.1) is 0 Å². The number of imidazole rings is 1. The molecule has 0 aliphatic rings. The van der Waals surface area contributed by atoms with E-state index in [0.717, 1.165) is 29.2 Å². The molecule has 3 heteroatoms. The van der Waals surface area contributed by atoms with Crippen LogP contribution in [0.3, 0.4) is 0 Å². The van der Waals surface area contributed by atoms with Crippen molar-refractivity contribution in [3.05, 3.63) is 132 Å². The summed E-state index contributed by atoms with van der Waals surface area (Å²) in [6, 6.07) is 37.9. The molecular weight excluding hydrogens is 380 g/mol. The second-order valence-corrected chi connectivity index (χ2v) is 7.65. The maximum atomic E-state index is 5.33. The van der Waals surface area contributed by atoms with Crippen LogP contribution in [-0.2, 0) is 6.54 Å². The Kier molecular flexibility index (Phi) is 5.24. The molecule has 0 N–H and O–H groups in total. The summed E-state index contributed by atoms with van der Waals surface area (Å²) in [7, 11) is 1.70. The minimum Gasteiger partial charge on any atom is -0.497 e. The molecule has 0 aliphatic heterocycles. The van der Waals surface area contributed by atoms with Crippen LogP contribution >= 0.6 is 0 Å². The molecule has 31 heavy (non-hydrogen) atoms. The van der Waals surface area contributed by atoms with Crippen LogP contribution in [0.2, 0.25) is 0 Å². The molecule has 3 nitrogen and oxygen atoms in total. The Morgan fingerprint density at radius 2 is 1.29 bits per heavy atom. The zero-order valence-corrected chi connectivity index (χ0v) is 17.5. The molecule has 0 unspecified atom stereocenters. The zero-order valence-electron chi connectivity index (χ0n) is 17.5. The van der Waals surface area contributed by atoms with Crippen LogP contribution in [-0.4, -0.2) is 16.7 Å². The molecule has 0 fully saturated rings. The summed E-state index contributed by atoms with van der Waals surface area (Å²) in [5, 5.41) is 0. The Bertz CT molecular complexity index is 1240. The fourth-order valence-corrected chi connectivity index (χ4v) is 4.18. The molecular formula is C28H24N2O. The quantitative estimate of drug-likeness (QED) is 0.333. The Labute approximate surface area is 182 Å². The van der Waals surface area contributed by atoms with Crippen LogP contribution < -0.4 is 4.74 Å². The van der Waals surface area contributed by atoms with Crippen molar-refractivity contribution in [3.63, 3.8) is 0 Å². The standard InChI is InChI=1S/C28H24N2O/c1-31-24-18-16-21(17-19-24)20-30-26-15-9-8-14-25(26)29-28(30)27(22-10-4-2-5-11-22)23-12-6-3-7-13-23/h2-19,27H,20H2,1H3. The van der Waals surface area contributed by atoms with Crippen molar-refractivity contribution in [3.8, 4) is 5.75 Å². The van der Waals surface area contributed by atoms with E-state index in [1.54, 1.807) is 7.11 Å². The van der Waals surface area contributed by atoms with Crippen LogP contribution in [0.1, 0.15) is 28.4 Å². The van der Waals surface area contributed by atoms with Crippen molar-refractivity contribution in [1.29, 1.82) is 0 Å². The van der Waals surface area contributed by atoms with Crippen molar-refractivity contribution in [2.24, 2.45) is 0 Å². The van der Waals surface area contributed by atoms with Crippen LogP contribution in [0.25, 0.3) is 11.0 Å². The number of methoxy groups -OCH3 is 1. The Balaban J connectivity index is 1.69. The lowest BCUT2D eigenvalue weighted by Crippen LogP contribution is -2.13. The van der Waals surface area contributed by atoms with Gasteiger partial charge in [0.25, 0.3) is 0 Å². The van der Waals surface area contributed by atoms with E-state index in [1.165, 1.54) is 16.7 Å². The molecule has 0 bridgehead atoms. The topological polar surface area (TPSA) is 27.1 Å². The highest BCUT2D eigenvalue weighted by molar-refractivity contribution is 5.76. The Hall–Kier alpha value is -3.85. The predicted octanol–water partition coefficient (Wildman–Crippen LogP) is 6.27. The summed E-state index contributed by atoms with van der Waals surface area (Å²) in [5.74, 6) is 1.97. The van der Waals surface area contributed by atoms with Crippen molar-refractivity contribution in [2.45, 2.75) is 12.5 Å². The number of nitrogens with zero attached hydrogens (tertiary/aromatic N) is 2. The zero-order chi connectivity index (χ0) is 21.0. The van der Waals surface area contributed by atoms with Crippen LogP contribution in [0.4, 0.5) is 0 Å². The number of hydrogen-bond acceptors (Lipinski definition) is 2. The highest BCUT2D eigenvalue weighted by Gasteiger charge is 2.23. The van der Waals surface area contributed by atoms with Gasteiger partial charge in [0.15, 0.2) is 0 Å². The minimum atomic E-state index is 0.0491. The number of para-hydroxylation sites is 2. The molecule has 152 valence electrons. The lowest BCUT2D eigenvalue weighted by atomic mass is 9.90. The fourth-order valence-electron chi connectivity index (χ4n) is 4.18. The fraction of sp³-hybridized carbons (Fsp3) is 0.107. The number of aromatic nitrogens is 2. The third kappa shape index (κ3) is 3.82. The first-order valence-corrected chi connectivity index (χ1v) is 10.5. The molecule has 0 spiro atoms. The average Bonchev–Trinajstić information content (AvgIpc) is 3.19. The molecule has 5 rings (SSSR count). The van der Waals surface area contributed by atoms with Gasteiger partial charge in [-0.1, -0.05) is 84.9 Å². The Morgan fingerprint density at radius 1 is 0.710 bits per heavy atom. The van der Waals surface area contributed by atoms with Gasteiger partial charge in [-0.25, -0.2) is 4.98 Å². The van der Waals surface area contributed by atoms with Gasteiger partial charge in [0.1, 0.15) is 11.6 Å². The maximum Gasteiger partial charge on any atom is 0.122 e. The van der Waals surface area contributed by atoms with Gasteiger partial charge < -0.3 is 9.30 Å². The monoisotopic (exact) mass is 404 g/mol. The molecule has 0 radical (unpaired) electrons. The van der Waals surface area contributed by atoms with E-state index >= 15 is 0 Å². The van der Waals surface area contributed by atoms with Crippen LogP contribution in [0.5, 0.6) is 5.75 Å². The van der Waals surface area contributed by atoms with Crippen molar-refractivity contribution >= 4 is 11.0 Å². The molecule has 0 saturated carbocycles. The van der Waals surface area contributed by atoms with Gasteiger partial charge in [0.2, 0.25) is 0 Å². The van der Waals surface area contributed by atoms with E-state index < -0.39 is 0 Å². The van der Waals surface area contributed by atoms with E-state index in [2.05, 4.69) is 102 Å². The van der Waals surface area contributed by atoms with E-state index in [1.807, 2.05) is 12.1 Å². The van der Waals surface area contributed by atoms with Gasteiger partial charge >= 0.3 is 0 Å². The van der Waals surface area contributed by atoms with Gasteiger partial charge in [-0.05, 0) is 41.0 Å². The first-order valence-electron chi connectivity index (χ1n) is 10.5. The number of benzene rings is 4. The largest absolute Gasteiger partial charge is 0.497 e. The SMILES string of the molecule is COc1ccc(Cn2c(C(c3ccccc3)c3ccccc3)nc3ccccc32)cc1. The molecule has 1 heterocycles. The van der Waals surface area contributed by atoms with E-state index in [0.29, 0.717) is 0 Å². The summed E-state index contributed by atoms with van der Waals surface area (Å²) in [6.45, 7) is 0.746. The molecule has 0 atom stereocenters. The molecule has 4 aromatic carbocycles. The average molecular weight is 405 g/mol. The first kappa shape index (κ1) is 19.1. The van der Waals surface area contributed by atoms with Crippen molar-refractivity contribution < 1.29 is 4.74 Å². The van der Waals surface area contributed by atoms with Gasteiger partial charge in [-0.2, -0.15) is 0 Å². The van der Waals surface area contributed by atoms with E-state index in [-0.39, 0.29) is 5.92 Å². The Morgan fingerprint density at radius 3 is 1.90 bits per heavy atom. The number of ether oxygens (including phenoxy) is 1. The predicted molar refractivity (Wildman–Crippen MR) is 126 cm³/mol. The third-order valence-electron chi connectivity index (χ3n) is 5.71. The summed E-state index contributed by atoms with van der Waals surface area (Å²) in [5.41, 5.74) is 5.85. The number of fused-ring (bicyclic) bond motifs is 1. The second-order valence-electron chi connectivity index (χ2n) is 7.65. The van der Waals surface area contributed by atoms with Crippen LogP contribution in [0.15, 0.2) is 109 Å². The third-order valence-corrected chi connectivity index (χ3v) is 5.71. The van der Waals surface area contributed by atoms with Gasteiger partial charge in [-0.3, -0.25) is 0 Å². The first-order chi connectivity index (χ1) is 15.3. The second kappa shape index (κ2) is 8.49. The lowest BCUT2D eigenvalue weighted by Gasteiger charge is -2.20. The number of rotatable bonds is 6. The molecule has 1 aromatic heterocycles. The van der Waals surface area contributed by atoms with Gasteiger partial charge in [-0.15, -0.1) is 0 Å². The van der Waals surface area contributed by atoms with Gasteiger partial charge in [0.05, 0.1) is 24.1 Å².